The van der Waals surface area contributed by atoms with Gasteiger partial charge in [-0.1, -0.05) is 36.4 Å². The first-order chi connectivity index (χ1) is 10.1. The van der Waals surface area contributed by atoms with Crippen LogP contribution >= 0.6 is 0 Å². The summed E-state index contributed by atoms with van der Waals surface area (Å²) in [5.41, 5.74) is -0.852. The van der Waals surface area contributed by atoms with Crippen molar-refractivity contribution in [3.05, 3.63) is 42.5 Å². The highest BCUT2D eigenvalue weighted by Gasteiger charge is 2.45. The van der Waals surface area contributed by atoms with E-state index < -0.39 is 11.5 Å². The van der Waals surface area contributed by atoms with E-state index in [0.29, 0.717) is 12.8 Å². The molecule has 2 N–H and O–H groups in total. The van der Waals surface area contributed by atoms with Crippen molar-refractivity contribution >= 4 is 16.7 Å². The monoisotopic (exact) mass is 285 g/mol. The summed E-state index contributed by atoms with van der Waals surface area (Å²) in [6.07, 6.45) is 1.76. The van der Waals surface area contributed by atoms with E-state index in [0.717, 1.165) is 22.9 Å². The average molecular weight is 285 g/mol. The van der Waals surface area contributed by atoms with Crippen molar-refractivity contribution in [3.8, 4) is 5.75 Å². The van der Waals surface area contributed by atoms with E-state index >= 15 is 0 Å². The predicted octanol–water partition coefficient (Wildman–Crippen LogP) is 2.81. The van der Waals surface area contributed by atoms with Crippen LogP contribution < -0.4 is 10.1 Å². The Labute approximate surface area is 123 Å². The predicted molar refractivity (Wildman–Crippen MR) is 81.6 cm³/mol. The summed E-state index contributed by atoms with van der Waals surface area (Å²) in [5, 5.41) is 14.5. The molecule has 1 aliphatic carbocycles. The molecule has 4 nitrogen and oxygen atoms in total. The van der Waals surface area contributed by atoms with Gasteiger partial charge in [-0.25, -0.2) is 0 Å². The molecule has 0 bridgehead atoms. The van der Waals surface area contributed by atoms with Crippen molar-refractivity contribution in [1.82, 2.24) is 5.32 Å². The number of rotatable bonds is 4. The van der Waals surface area contributed by atoms with Crippen LogP contribution in [0.3, 0.4) is 0 Å². The molecular weight excluding hydrogens is 266 g/mol. The molecule has 0 amide bonds. The van der Waals surface area contributed by atoms with Gasteiger partial charge in [0.25, 0.3) is 0 Å². The maximum absolute atomic E-state index is 11.4. The minimum atomic E-state index is -0.852. The van der Waals surface area contributed by atoms with Crippen molar-refractivity contribution in [2.24, 2.45) is 0 Å². The molecule has 0 radical (unpaired) electrons. The zero-order valence-corrected chi connectivity index (χ0v) is 12.0. The summed E-state index contributed by atoms with van der Waals surface area (Å²) < 4.78 is 6.09. The maximum atomic E-state index is 11.4. The Morgan fingerprint density at radius 1 is 1.29 bits per heavy atom. The molecule has 0 aliphatic heterocycles. The molecule has 3 rings (SSSR count). The highest BCUT2D eigenvalue weighted by molar-refractivity contribution is 5.88. The van der Waals surface area contributed by atoms with Crippen LogP contribution in [0.5, 0.6) is 5.75 Å². The van der Waals surface area contributed by atoms with Gasteiger partial charge in [-0.2, -0.15) is 0 Å². The average Bonchev–Trinajstić information content (AvgIpc) is 2.92. The zero-order chi connectivity index (χ0) is 14.9. The number of benzene rings is 2. The largest absolute Gasteiger partial charge is 0.490 e. The summed E-state index contributed by atoms with van der Waals surface area (Å²) in [7, 11) is 1.70. The minimum Gasteiger partial charge on any atom is -0.490 e. The van der Waals surface area contributed by atoms with Crippen LogP contribution in [0, 0.1) is 0 Å². The van der Waals surface area contributed by atoms with Crippen LogP contribution in [0.4, 0.5) is 0 Å². The lowest BCUT2D eigenvalue weighted by Gasteiger charge is -2.23. The Morgan fingerprint density at radius 2 is 2.05 bits per heavy atom. The number of hydrogen-bond acceptors (Lipinski definition) is 3. The number of ether oxygens (including phenoxy) is 1. The number of nitrogens with one attached hydrogen (secondary N) is 1. The molecule has 0 heterocycles. The second-order valence-electron chi connectivity index (χ2n) is 5.60. The van der Waals surface area contributed by atoms with Gasteiger partial charge in [0.15, 0.2) is 0 Å². The molecule has 2 unspecified atom stereocenters. The third-order valence-corrected chi connectivity index (χ3v) is 4.40. The summed E-state index contributed by atoms with van der Waals surface area (Å²) in [6.45, 7) is 0. The van der Waals surface area contributed by atoms with Crippen molar-refractivity contribution in [2.45, 2.75) is 30.9 Å². The fourth-order valence-electron chi connectivity index (χ4n) is 3.11. The first-order valence-corrected chi connectivity index (χ1v) is 7.21. The summed E-state index contributed by atoms with van der Waals surface area (Å²) >= 11 is 0. The minimum absolute atomic E-state index is 0.0700. The topological polar surface area (TPSA) is 58.6 Å². The Hall–Kier alpha value is -2.07. The highest BCUT2D eigenvalue weighted by Crippen LogP contribution is 2.35. The molecule has 2 aromatic rings. The SMILES string of the molecule is CNC1(C(=O)O)CCC(Oc2cccc3ccccc23)C1. The summed E-state index contributed by atoms with van der Waals surface area (Å²) in [4.78, 5) is 11.4. The highest BCUT2D eigenvalue weighted by atomic mass is 16.5. The number of aliphatic carboxylic acids is 1. The quantitative estimate of drug-likeness (QED) is 0.907. The Balaban J connectivity index is 1.83. The molecule has 1 fully saturated rings. The van der Waals surface area contributed by atoms with Crippen LogP contribution in [-0.4, -0.2) is 29.8 Å². The van der Waals surface area contributed by atoms with Crippen molar-refractivity contribution < 1.29 is 14.6 Å². The third-order valence-electron chi connectivity index (χ3n) is 4.40. The number of carboxylic acids is 1. The van der Waals surface area contributed by atoms with Gasteiger partial charge in [0.1, 0.15) is 17.4 Å². The molecule has 2 aromatic carbocycles. The lowest BCUT2D eigenvalue weighted by Crippen LogP contribution is -2.48. The summed E-state index contributed by atoms with van der Waals surface area (Å²) in [5.74, 6) is 0.0319. The second kappa shape index (κ2) is 5.37. The number of likely N-dealkylation sites (N-methyl/N-ethyl adjacent to an activating group) is 1. The zero-order valence-electron chi connectivity index (χ0n) is 12.0. The number of hydrogen-bond donors (Lipinski definition) is 2. The molecule has 21 heavy (non-hydrogen) atoms. The fraction of sp³-hybridized carbons (Fsp3) is 0.353. The van der Waals surface area contributed by atoms with E-state index in [9.17, 15) is 9.90 Å². The lowest BCUT2D eigenvalue weighted by atomic mass is 9.98. The molecule has 2 atom stereocenters. The van der Waals surface area contributed by atoms with E-state index in [2.05, 4.69) is 5.32 Å². The van der Waals surface area contributed by atoms with Gasteiger partial charge >= 0.3 is 5.97 Å². The Bertz CT molecular complexity index is 665. The van der Waals surface area contributed by atoms with Crippen LogP contribution in [0.2, 0.25) is 0 Å². The molecule has 0 saturated heterocycles. The van der Waals surface area contributed by atoms with Crippen molar-refractivity contribution in [1.29, 1.82) is 0 Å². The fourth-order valence-corrected chi connectivity index (χ4v) is 3.11. The van der Waals surface area contributed by atoms with E-state index in [4.69, 9.17) is 4.74 Å². The van der Waals surface area contributed by atoms with Crippen molar-refractivity contribution in [3.63, 3.8) is 0 Å². The van der Waals surface area contributed by atoms with Crippen LogP contribution in [0.1, 0.15) is 19.3 Å². The normalized spacial score (nSPS) is 25.1. The van der Waals surface area contributed by atoms with Gasteiger partial charge in [0, 0.05) is 11.8 Å². The van der Waals surface area contributed by atoms with Crippen LogP contribution in [0.25, 0.3) is 10.8 Å². The second-order valence-corrected chi connectivity index (χ2v) is 5.60. The number of carbonyl (C=O) groups is 1. The number of fused-ring (bicyclic) bond motifs is 1. The van der Waals surface area contributed by atoms with Gasteiger partial charge in [0.05, 0.1) is 0 Å². The standard InChI is InChI=1S/C17H19NO3/c1-18-17(16(19)20)10-9-13(11-17)21-15-8-4-6-12-5-2-3-7-14(12)15/h2-8,13,18H,9-11H2,1H3,(H,19,20). The van der Waals surface area contributed by atoms with Crippen molar-refractivity contribution in [2.75, 3.05) is 7.05 Å². The van der Waals surface area contributed by atoms with E-state index in [1.807, 2.05) is 42.5 Å². The Morgan fingerprint density at radius 3 is 2.76 bits per heavy atom. The Kier molecular flexibility index (Phi) is 3.55. The van der Waals surface area contributed by atoms with E-state index in [1.54, 1.807) is 7.05 Å². The molecule has 0 aromatic heterocycles. The van der Waals surface area contributed by atoms with Crippen LogP contribution in [0.15, 0.2) is 42.5 Å². The van der Waals surface area contributed by atoms with Gasteiger partial charge in [-0.05, 0) is 31.3 Å². The lowest BCUT2D eigenvalue weighted by molar-refractivity contribution is -0.144. The first-order valence-electron chi connectivity index (χ1n) is 7.21. The van der Waals surface area contributed by atoms with Gasteiger partial charge in [0.2, 0.25) is 0 Å². The van der Waals surface area contributed by atoms with Gasteiger partial charge in [-0.3, -0.25) is 4.79 Å². The molecule has 0 spiro atoms. The third kappa shape index (κ3) is 2.47. The molecule has 110 valence electrons. The molecule has 4 heteroatoms. The first kappa shape index (κ1) is 13.9. The van der Waals surface area contributed by atoms with Gasteiger partial charge in [-0.15, -0.1) is 0 Å². The van der Waals surface area contributed by atoms with E-state index in [1.165, 1.54) is 0 Å². The smallest absolute Gasteiger partial charge is 0.324 e. The van der Waals surface area contributed by atoms with E-state index in [-0.39, 0.29) is 6.10 Å². The van der Waals surface area contributed by atoms with Crippen LogP contribution in [-0.2, 0) is 4.79 Å². The molecule has 1 aliphatic rings. The summed E-state index contributed by atoms with van der Waals surface area (Å²) in [6, 6.07) is 14.0. The maximum Gasteiger partial charge on any atom is 0.324 e. The molecular formula is C17H19NO3. The number of carboxylic acid groups (broad SMARTS) is 1. The molecule has 1 saturated carbocycles. The van der Waals surface area contributed by atoms with Gasteiger partial charge < -0.3 is 15.2 Å².